The Morgan fingerprint density at radius 1 is 1.56 bits per heavy atom. The first-order valence-corrected chi connectivity index (χ1v) is 5.17. The molecular formula is C10H10ClNO4. The Morgan fingerprint density at radius 3 is 2.88 bits per heavy atom. The van der Waals surface area contributed by atoms with Crippen LogP contribution in [-0.2, 0) is 16.1 Å². The van der Waals surface area contributed by atoms with Crippen LogP contribution in [0.5, 0.6) is 0 Å². The number of nitro groups is 1. The maximum Gasteiger partial charge on any atom is 0.288 e. The predicted molar refractivity (Wildman–Crippen MR) is 57.5 cm³/mol. The standard InChI is InChI=1S/C10H10ClNO4/c11-9-2-1-7(3-10(9)12(13)14)4-16-8-5-15-6-8/h1-3,8H,4-6H2. The topological polar surface area (TPSA) is 61.6 Å². The number of ether oxygens (including phenoxy) is 2. The molecule has 86 valence electrons. The van der Waals surface area contributed by atoms with Crippen LogP contribution in [0.3, 0.4) is 0 Å². The van der Waals surface area contributed by atoms with Gasteiger partial charge in [-0.25, -0.2) is 0 Å². The van der Waals surface area contributed by atoms with E-state index in [0.717, 1.165) is 5.56 Å². The number of nitro benzene ring substituents is 1. The van der Waals surface area contributed by atoms with Gasteiger partial charge in [0.25, 0.3) is 5.69 Å². The van der Waals surface area contributed by atoms with Gasteiger partial charge in [0.15, 0.2) is 0 Å². The van der Waals surface area contributed by atoms with Crippen LogP contribution in [0.25, 0.3) is 0 Å². The van der Waals surface area contributed by atoms with E-state index in [1.807, 2.05) is 0 Å². The number of benzene rings is 1. The largest absolute Gasteiger partial charge is 0.376 e. The Balaban J connectivity index is 2.03. The SMILES string of the molecule is O=[N+]([O-])c1cc(COC2COC2)ccc1Cl. The minimum absolute atomic E-state index is 0.0902. The molecular weight excluding hydrogens is 234 g/mol. The number of hydrogen-bond donors (Lipinski definition) is 0. The number of nitrogens with zero attached hydrogens (tertiary/aromatic N) is 1. The molecule has 1 aromatic carbocycles. The molecule has 16 heavy (non-hydrogen) atoms. The van der Waals surface area contributed by atoms with Crippen molar-refractivity contribution < 1.29 is 14.4 Å². The van der Waals surface area contributed by atoms with Gasteiger partial charge in [-0.15, -0.1) is 0 Å². The van der Waals surface area contributed by atoms with Crippen LogP contribution < -0.4 is 0 Å². The van der Waals surface area contributed by atoms with E-state index < -0.39 is 4.92 Å². The summed E-state index contributed by atoms with van der Waals surface area (Å²) in [5, 5.41) is 10.8. The van der Waals surface area contributed by atoms with Gasteiger partial charge in [-0.2, -0.15) is 0 Å². The van der Waals surface area contributed by atoms with E-state index in [9.17, 15) is 10.1 Å². The predicted octanol–water partition coefficient (Wildman–Crippen LogP) is 2.16. The first-order valence-electron chi connectivity index (χ1n) is 4.79. The van der Waals surface area contributed by atoms with E-state index in [4.69, 9.17) is 21.1 Å². The lowest BCUT2D eigenvalue weighted by Gasteiger charge is -2.25. The van der Waals surface area contributed by atoms with Gasteiger partial charge in [-0.05, 0) is 11.6 Å². The molecule has 0 N–H and O–H groups in total. The Kier molecular flexibility index (Phi) is 3.38. The zero-order valence-corrected chi connectivity index (χ0v) is 9.14. The molecule has 0 spiro atoms. The lowest BCUT2D eigenvalue weighted by Crippen LogP contribution is -2.35. The Hall–Kier alpha value is -1.17. The summed E-state index contributed by atoms with van der Waals surface area (Å²) in [5.74, 6) is 0. The molecule has 5 nitrogen and oxygen atoms in total. The fourth-order valence-electron chi connectivity index (χ4n) is 1.31. The summed E-state index contributed by atoms with van der Waals surface area (Å²) in [6.45, 7) is 1.53. The maximum absolute atomic E-state index is 10.6. The Morgan fingerprint density at radius 2 is 2.31 bits per heavy atom. The third kappa shape index (κ3) is 2.49. The first-order chi connectivity index (χ1) is 7.66. The third-order valence-electron chi connectivity index (χ3n) is 2.30. The molecule has 0 saturated carbocycles. The molecule has 1 aromatic rings. The number of hydrogen-bond acceptors (Lipinski definition) is 4. The van der Waals surface area contributed by atoms with Crippen molar-refractivity contribution in [2.24, 2.45) is 0 Å². The zero-order chi connectivity index (χ0) is 11.5. The van der Waals surface area contributed by atoms with E-state index in [0.29, 0.717) is 19.8 Å². The van der Waals surface area contributed by atoms with Crippen molar-refractivity contribution in [1.29, 1.82) is 0 Å². The van der Waals surface area contributed by atoms with Crippen molar-refractivity contribution in [3.8, 4) is 0 Å². The summed E-state index contributed by atoms with van der Waals surface area (Å²) >= 11 is 5.69. The van der Waals surface area contributed by atoms with E-state index in [1.165, 1.54) is 12.1 Å². The van der Waals surface area contributed by atoms with Crippen molar-refractivity contribution >= 4 is 17.3 Å². The van der Waals surface area contributed by atoms with Gasteiger partial charge in [-0.1, -0.05) is 17.7 Å². The molecule has 6 heteroatoms. The fraction of sp³-hybridized carbons (Fsp3) is 0.400. The molecule has 1 heterocycles. The van der Waals surface area contributed by atoms with Gasteiger partial charge in [0.2, 0.25) is 0 Å². The summed E-state index contributed by atoms with van der Waals surface area (Å²) in [6.07, 6.45) is 0.106. The van der Waals surface area contributed by atoms with E-state index in [1.54, 1.807) is 6.07 Å². The average molecular weight is 244 g/mol. The van der Waals surface area contributed by atoms with Crippen molar-refractivity contribution in [3.63, 3.8) is 0 Å². The van der Waals surface area contributed by atoms with Gasteiger partial charge >= 0.3 is 0 Å². The van der Waals surface area contributed by atoms with Crippen LogP contribution >= 0.6 is 11.6 Å². The van der Waals surface area contributed by atoms with Crippen LogP contribution in [0.15, 0.2) is 18.2 Å². The first kappa shape index (κ1) is 11.3. The van der Waals surface area contributed by atoms with E-state index in [2.05, 4.69) is 0 Å². The van der Waals surface area contributed by atoms with Crippen LogP contribution in [0.1, 0.15) is 5.56 Å². The highest BCUT2D eigenvalue weighted by Crippen LogP contribution is 2.25. The van der Waals surface area contributed by atoms with Crippen LogP contribution in [-0.4, -0.2) is 24.2 Å². The van der Waals surface area contributed by atoms with Crippen molar-refractivity contribution in [3.05, 3.63) is 38.9 Å². The lowest BCUT2D eigenvalue weighted by molar-refractivity contribution is -0.384. The second kappa shape index (κ2) is 4.78. The van der Waals surface area contributed by atoms with Crippen LogP contribution in [0, 0.1) is 10.1 Å². The molecule has 0 aromatic heterocycles. The molecule has 1 aliphatic rings. The zero-order valence-electron chi connectivity index (χ0n) is 8.39. The minimum Gasteiger partial charge on any atom is -0.376 e. The summed E-state index contributed by atoms with van der Waals surface area (Å²) in [7, 11) is 0. The van der Waals surface area contributed by atoms with E-state index >= 15 is 0 Å². The summed E-state index contributed by atoms with van der Waals surface area (Å²) in [5.41, 5.74) is 0.649. The smallest absolute Gasteiger partial charge is 0.288 e. The molecule has 0 aliphatic carbocycles. The van der Waals surface area contributed by atoms with Crippen molar-refractivity contribution in [2.75, 3.05) is 13.2 Å². The second-order valence-electron chi connectivity index (χ2n) is 3.51. The quantitative estimate of drug-likeness (QED) is 0.601. The van der Waals surface area contributed by atoms with Crippen LogP contribution in [0.2, 0.25) is 5.02 Å². The van der Waals surface area contributed by atoms with Gasteiger partial charge < -0.3 is 9.47 Å². The molecule has 0 atom stereocenters. The van der Waals surface area contributed by atoms with Gasteiger partial charge in [0.05, 0.1) is 24.7 Å². The van der Waals surface area contributed by atoms with E-state index in [-0.39, 0.29) is 16.8 Å². The molecule has 1 saturated heterocycles. The molecule has 1 aliphatic heterocycles. The highest BCUT2D eigenvalue weighted by Gasteiger charge is 2.19. The lowest BCUT2D eigenvalue weighted by atomic mass is 10.2. The van der Waals surface area contributed by atoms with Gasteiger partial charge in [0.1, 0.15) is 11.1 Å². The Labute approximate surface area is 97.1 Å². The summed E-state index contributed by atoms with van der Waals surface area (Å²) < 4.78 is 10.4. The summed E-state index contributed by atoms with van der Waals surface area (Å²) in [6, 6.07) is 4.66. The third-order valence-corrected chi connectivity index (χ3v) is 2.62. The molecule has 0 bridgehead atoms. The minimum atomic E-state index is -0.502. The maximum atomic E-state index is 10.6. The van der Waals surface area contributed by atoms with Gasteiger partial charge in [0, 0.05) is 6.07 Å². The van der Waals surface area contributed by atoms with Crippen molar-refractivity contribution in [1.82, 2.24) is 0 Å². The number of halogens is 1. The highest BCUT2D eigenvalue weighted by atomic mass is 35.5. The molecule has 2 rings (SSSR count). The monoisotopic (exact) mass is 243 g/mol. The molecule has 1 fully saturated rings. The van der Waals surface area contributed by atoms with Crippen molar-refractivity contribution in [2.45, 2.75) is 12.7 Å². The number of rotatable bonds is 4. The molecule has 0 radical (unpaired) electrons. The molecule has 0 amide bonds. The normalized spacial score (nSPS) is 15.8. The Bertz CT molecular complexity index is 406. The second-order valence-corrected chi connectivity index (χ2v) is 3.92. The average Bonchev–Trinajstić information content (AvgIpc) is 2.17. The fourth-order valence-corrected chi connectivity index (χ4v) is 1.50. The highest BCUT2D eigenvalue weighted by molar-refractivity contribution is 6.32. The molecule has 0 unspecified atom stereocenters. The van der Waals surface area contributed by atoms with Gasteiger partial charge in [-0.3, -0.25) is 10.1 Å². The van der Waals surface area contributed by atoms with Crippen LogP contribution in [0.4, 0.5) is 5.69 Å². The summed E-state index contributed by atoms with van der Waals surface area (Å²) in [4.78, 5) is 10.1.